The average Bonchev–Trinajstić information content (AvgIpc) is 2.89. The van der Waals surface area contributed by atoms with E-state index in [9.17, 15) is 18.0 Å². The zero-order valence-electron chi connectivity index (χ0n) is 23.7. The van der Waals surface area contributed by atoms with Crippen molar-refractivity contribution in [2.24, 2.45) is 0 Å². The molecule has 0 heterocycles. The van der Waals surface area contributed by atoms with Crippen LogP contribution in [-0.4, -0.2) is 44.3 Å². The predicted molar refractivity (Wildman–Crippen MR) is 156 cm³/mol. The summed E-state index contributed by atoms with van der Waals surface area (Å²) in [4.78, 5) is 28.7. The van der Waals surface area contributed by atoms with Crippen LogP contribution >= 0.6 is 0 Å². The van der Waals surface area contributed by atoms with Crippen molar-refractivity contribution in [3.8, 4) is 0 Å². The molecule has 208 valence electrons. The minimum Gasteiger partial charge on any atom is -0.355 e. The molecule has 0 bridgehead atoms. The fraction of sp³-hybridized carbons (Fsp3) is 0.355. The molecule has 3 aromatic rings. The zero-order valence-corrected chi connectivity index (χ0v) is 24.5. The summed E-state index contributed by atoms with van der Waals surface area (Å²) in [7, 11) is -4.09. The summed E-state index contributed by atoms with van der Waals surface area (Å²) in [6.07, 6.45) is 0.387. The SMILES string of the molecule is CCNC(=O)[C@@H](CC)N(Cc1cccc(C)c1)C(=O)CN(c1ccc(C)c(C)c1)S(=O)(=O)c1ccc(C)cc1. The van der Waals surface area contributed by atoms with Crippen molar-refractivity contribution < 1.29 is 18.0 Å². The van der Waals surface area contributed by atoms with Crippen LogP contribution in [-0.2, 0) is 26.2 Å². The third-order valence-electron chi connectivity index (χ3n) is 6.84. The molecular formula is C31H39N3O4S. The summed E-state index contributed by atoms with van der Waals surface area (Å²) in [6, 6.07) is 18.9. The number of sulfonamides is 1. The van der Waals surface area contributed by atoms with Crippen molar-refractivity contribution in [1.29, 1.82) is 0 Å². The van der Waals surface area contributed by atoms with Gasteiger partial charge in [0.15, 0.2) is 0 Å². The van der Waals surface area contributed by atoms with Gasteiger partial charge >= 0.3 is 0 Å². The number of nitrogens with one attached hydrogen (secondary N) is 1. The van der Waals surface area contributed by atoms with Crippen LogP contribution in [0.25, 0.3) is 0 Å². The van der Waals surface area contributed by atoms with Crippen LogP contribution in [0.1, 0.15) is 48.1 Å². The van der Waals surface area contributed by atoms with Gasteiger partial charge in [0.25, 0.3) is 10.0 Å². The van der Waals surface area contributed by atoms with E-state index in [0.717, 1.165) is 32.1 Å². The lowest BCUT2D eigenvalue weighted by Gasteiger charge is -2.33. The molecular weight excluding hydrogens is 510 g/mol. The van der Waals surface area contributed by atoms with Crippen molar-refractivity contribution >= 4 is 27.5 Å². The topological polar surface area (TPSA) is 86.8 Å². The van der Waals surface area contributed by atoms with E-state index in [4.69, 9.17) is 0 Å². The number of likely N-dealkylation sites (N-methyl/N-ethyl adjacent to an activating group) is 1. The number of nitrogens with zero attached hydrogens (tertiary/aromatic N) is 2. The Morgan fingerprint density at radius 3 is 2.13 bits per heavy atom. The first-order chi connectivity index (χ1) is 18.5. The van der Waals surface area contributed by atoms with Gasteiger partial charge in [0.2, 0.25) is 11.8 Å². The molecule has 3 aromatic carbocycles. The number of benzene rings is 3. The van der Waals surface area contributed by atoms with Crippen molar-refractivity contribution in [1.82, 2.24) is 10.2 Å². The largest absolute Gasteiger partial charge is 0.355 e. The lowest BCUT2D eigenvalue weighted by molar-refractivity contribution is -0.140. The monoisotopic (exact) mass is 549 g/mol. The molecule has 0 saturated heterocycles. The van der Waals surface area contributed by atoms with E-state index in [2.05, 4.69) is 5.32 Å². The minimum absolute atomic E-state index is 0.0973. The van der Waals surface area contributed by atoms with Crippen LogP contribution in [0.4, 0.5) is 5.69 Å². The van der Waals surface area contributed by atoms with Gasteiger partial charge in [0.1, 0.15) is 12.6 Å². The molecule has 8 heteroatoms. The second-order valence-corrected chi connectivity index (χ2v) is 11.8. The summed E-state index contributed by atoms with van der Waals surface area (Å²) in [5.74, 6) is -0.719. The van der Waals surface area contributed by atoms with Crippen molar-refractivity contribution in [3.63, 3.8) is 0 Å². The predicted octanol–water partition coefficient (Wildman–Crippen LogP) is 5.06. The van der Waals surface area contributed by atoms with Crippen LogP contribution < -0.4 is 9.62 Å². The average molecular weight is 550 g/mol. The Kier molecular flexibility index (Phi) is 9.92. The fourth-order valence-corrected chi connectivity index (χ4v) is 5.87. The third-order valence-corrected chi connectivity index (χ3v) is 8.63. The Morgan fingerprint density at radius 2 is 1.54 bits per heavy atom. The summed E-state index contributed by atoms with van der Waals surface area (Å²) >= 11 is 0. The van der Waals surface area contributed by atoms with Crippen LogP contribution in [0.15, 0.2) is 71.6 Å². The van der Waals surface area contributed by atoms with Crippen molar-refractivity contribution in [2.45, 2.75) is 65.4 Å². The Morgan fingerprint density at radius 1 is 0.846 bits per heavy atom. The molecule has 3 rings (SSSR count). The maximum Gasteiger partial charge on any atom is 0.264 e. The molecule has 0 fully saturated rings. The molecule has 0 unspecified atom stereocenters. The molecule has 0 aromatic heterocycles. The summed E-state index contributed by atoms with van der Waals surface area (Å²) in [5, 5.41) is 2.82. The highest BCUT2D eigenvalue weighted by Crippen LogP contribution is 2.27. The molecule has 0 aliphatic carbocycles. The Balaban J connectivity index is 2.09. The first-order valence-electron chi connectivity index (χ1n) is 13.3. The van der Waals surface area contributed by atoms with Gasteiger partial charge in [-0.2, -0.15) is 0 Å². The van der Waals surface area contributed by atoms with Crippen molar-refractivity contribution in [3.05, 3.63) is 94.5 Å². The molecule has 2 amide bonds. The van der Waals surface area contributed by atoms with Gasteiger partial charge in [-0.15, -0.1) is 0 Å². The zero-order chi connectivity index (χ0) is 28.7. The van der Waals surface area contributed by atoms with Crippen molar-refractivity contribution in [2.75, 3.05) is 17.4 Å². The van der Waals surface area contributed by atoms with Crippen LogP contribution in [0.3, 0.4) is 0 Å². The molecule has 0 saturated carbocycles. The molecule has 0 aliphatic rings. The maximum atomic E-state index is 14.0. The van der Waals surface area contributed by atoms with E-state index < -0.39 is 28.5 Å². The van der Waals surface area contributed by atoms with E-state index in [1.807, 2.05) is 71.9 Å². The third kappa shape index (κ3) is 7.26. The van der Waals surface area contributed by atoms with Gasteiger partial charge in [-0.3, -0.25) is 13.9 Å². The normalized spacial score (nSPS) is 12.1. The van der Waals surface area contributed by atoms with Gasteiger partial charge in [-0.1, -0.05) is 60.5 Å². The van der Waals surface area contributed by atoms with E-state index in [-0.39, 0.29) is 17.3 Å². The van der Waals surface area contributed by atoms with Crippen LogP contribution in [0.5, 0.6) is 0 Å². The van der Waals surface area contributed by atoms with Gasteiger partial charge in [-0.05, 0) is 82.0 Å². The summed E-state index contributed by atoms with van der Waals surface area (Å²) in [5.41, 5.74) is 5.15. The van der Waals surface area contributed by atoms with Crippen LogP contribution in [0, 0.1) is 27.7 Å². The number of hydrogen-bond donors (Lipinski definition) is 1. The minimum atomic E-state index is -4.09. The number of rotatable bonds is 11. The second kappa shape index (κ2) is 12.9. The number of hydrogen-bond acceptors (Lipinski definition) is 4. The van der Waals surface area contributed by atoms with E-state index in [1.54, 1.807) is 36.4 Å². The van der Waals surface area contributed by atoms with Gasteiger partial charge in [0.05, 0.1) is 10.6 Å². The molecule has 7 nitrogen and oxygen atoms in total. The number of anilines is 1. The Labute approximate surface area is 232 Å². The molecule has 1 atom stereocenters. The molecule has 39 heavy (non-hydrogen) atoms. The highest BCUT2D eigenvalue weighted by Gasteiger charge is 2.33. The molecule has 0 aliphatic heterocycles. The lowest BCUT2D eigenvalue weighted by Crippen LogP contribution is -2.52. The van der Waals surface area contributed by atoms with E-state index in [1.165, 1.54) is 4.90 Å². The van der Waals surface area contributed by atoms with E-state index >= 15 is 0 Å². The maximum absolute atomic E-state index is 14.0. The van der Waals surface area contributed by atoms with Gasteiger partial charge in [-0.25, -0.2) is 8.42 Å². The molecule has 0 spiro atoms. The first-order valence-corrected chi connectivity index (χ1v) is 14.7. The highest BCUT2D eigenvalue weighted by molar-refractivity contribution is 7.92. The quantitative estimate of drug-likeness (QED) is 0.362. The van der Waals surface area contributed by atoms with Crippen LogP contribution in [0.2, 0.25) is 0 Å². The van der Waals surface area contributed by atoms with E-state index in [0.29, 0.717) is 18.7 Å². The highest BCUT2D eigenvalue weighted by atomic mass is 32.2. The number of carbonyl (C=O) groups is 2. The first kappa shape index (κ1) is 29.9. The van der Waals surface area contributed by atoms with Gasteiger partial charge < -0.3 is 10.2 Å². The fourth-order valence-electron chi connectivity index (χ4n) is 4.47. The Hall–Kier alpha value is -3.65. The number of aryl methyl sites for hydroxylation is 4. The molecule has 0 radical (unpaired) electrons. The Bertz CT molecular complexity index is 1420. The standard InChI is InChI=1S/C31H39N3O4S/c1-7-29(31(36)32-8-2)33(20-26-11-9-10-23(4)18-26)30(35)21-34(27-15-14-24(5)25(6)19-27)39(37,38)28-16-12-22(3)13-17-28/h9-19,29H,7-8,20-21H2,1-6H3,(H,32,36)/t29-/m1/s1. The van der Waals surface area contributed by atoms with Gasteiger partial charge in [0, 0.05) is 13.1 Å². The molecule has 1 N–H and O–H groups in total. The summed E-state index contributed by atoms with van der Waals surface area (Å²) in [6.45, 7) is 11.5. The number of amides is 2. The smallest absolute Gasteiger partial charge is 0.264 e. The number of carbonyl (C=O) groups excluding carboxylic acids is 2. The second-order valence-electron chi connectivity index (χ2n) is 9.92. The summed E-state index contributed by atoms with van der Waals surface area (Å²) < 4.78 is 29.1. The lowest BCUT2D eigenvalue weighted by atomic mass is 10.1.